The first-order valence-corrected chi connectivity index (χ1v) is 3.85. The second-order valence-electron chi connectivity index (χ2n) is 2.56. The molecule has 0 aliphatic rings. The molecule has 0 bridgehead atoms. The van der Waals surface area contributed by atoms with Gasteiger partial charge < -0.3 is 21.7 Å². The molecule has 0 aromatic carbocycles. The first-order chi connectivity index (χ1) is 6.52. The van der Waals surface area contributed by atoms with Crippen molar-refractivity contribution in [3.05, 3.63) is 0 Å². The fourth-order valence-corrected chi connectivity index (χ4v) is 0.474. The van der Waals surface area contributed by atoms with Gasteiger partial charge in [0.1, 0.15) is 12.1 Å². The van der Waals surface area contributed by atoms with Crippen LogP contribution in [0, 0.1) is 0 Å². The number of carbonyl (C=O) groups excluding carboxylic acids is 2. The maximum atomic E-state index is 10.9. The molecule has 8 nitrogen and oxygen atoms in total. The van der Waals surface area contributed by atoms with E-state index >= 15 is 0 Å². The highest BCUT2D eigenvalue weighted by Crippen LogP contribution is 1.76. The summed E-state index contributed by atoms with van der Waals surface area (Å²) in [5.74, 6) is -1.49. The first kappa shape index (κ1) is 12.8. The van der Waals surface area contributed by atoms with Crippen LogP contribution < -0.4 is 22.3 Å². The summed E-state index contributed by atoms with van der Waals surface area (Å²) in [6.45, 7) is -1.07. The Kier molecular flexibility index (Phi) is 5.72. The Morgan fingerprint density at radius 2 is 1.29 bits per heavy atom. The topological polar surface area (TPSA) is 151 Å². The van der Waals surface area contributed by atoms with Crippen molar-refractivity contribution in [2.75, 3.05) is 13.2 Å². The molecule has 0 saturated heterocycles. The molecule has 2 unspecified atom stereocenters. The van der Waals surface area contributed by atoms with Crippen LogP contribution in [-0.4, -0.2) is 47.3 Å². The zero-order chi connectivity index (χ0) is 11.1. The summed E-state index contributed by atoms with van der Waals surface area (Å²) in [6, 6.07) is -2.22. The van der Waals surface area contributed by atoms with Gasteiger partial charge in [-0.15, -0.1) is 0 Å². The Morgan fingerprint density at radius 1 is 1.00 bits per heavy atom. The fourth-order valence-electron chi connectivity index (χ4n) is 0.474. The molecule has 14 heavy (non-hydrogen) atoms. The maximum Gasteiger partial charge on any atom is 0.257 e. The SMILES string of the molecule is NC(CO)C(=O)NNC(=O)C(N)CO. The monoisotopic (exact) mass is 206 g/mol. The molecule has 2 amide bonds. The normalized spacial score (nSPS) is 14.3. The van der Waals surface area contributed by atoms with Gasteiger partial charge in [-0.3, -0.25) is 20.4 Å². The number of aliphatic hydroxyl groups is 2. The summed E-state index contributed by atoms with van der Waals surface area (Å²) in [4.78, 5) is 21.8. The predicted octanol–water partition coefficient (Wildman–Crippen LogP) is -4.23. The molecule has 8 N–H and O–H groups in total. The van der Waals surface area contributed by atoms with Crippen LogP contribution in [0.4, 0.5) is 0 Å². The molecule has 0 aromatic heterocycles. The van der Waals surface area contributed by atoms with Gasteiger partial charge in [-0.2, -0.15) is 0 Å². The van der Waals surface area contributed by atoms with Crippen LogP contribution in [0.3, 0.4) is 0 Å². The summed E-state index contributed by atoms with van der Waals surface area (Å²) in [6.07, 6.45) is 0. The highest BCUT2D eigenvalue weighted by molar-refractivity contribution is 5.87. The summed E-state index contributed by atoms with van der Waals surface area (Å²) in [5.41, 5.74) is 14.1. The molecule has 0 rings (SSSR count). The van der Waals surface area contributed by atoms with Crippen LogP contribution >= 0.6 is 0 Å². The second kappa shape index (κ2) is 6.27. The minimum Gasteiger partial charge on any atom is -0.394 e. The van der Waals surface area contributed by atoms with Crippen molar-refractivity contribution in [2.24, 2.45) is 11.5 Å². The van der Waals surface area contributed by atoms with Crippen molar-refractivity contribution >= 4 is 11.8 Å². The van der Waals surface area contributed by atoms with Gasteiger partial charge in [0.05, 0.1) is 13.2 Å². The van der Waals surface area contributed by atoms with Crippen LogP contribution in [0.1, 0.15) is 0 Å². The lowest BCUT2D eigenvalue weighted by molar-refractivity contribution is -0.131. The molecule has 0 spiro atoms. The molecule has 0 aliphatic carbocycles. The zero-order valence-corrected chi connectivity index (χ0v) is 7.43. The molecular weight excluding hydrogens is 192 g/mol. The highest BCUT2D eigenvalue weighted by atomic mass is 16.3. The Bertz CT molecular complexity index is 188. The Labute approximate surface area is 80.2 Å². The van der Waals surface area contributed by atoms with E-state index in [-0.39, 0.29) is 0 Å². The second-order valence-corrected chi connectivity index (χ2v) is 2.56. The van der Waals surface area contributed by atoms with E-state index in [0.29, 0.717) is 0 Å². The number of hydrazine groups is 1. The average Bonchev–Trinajstić information content (AvgIpc) is 2.22. The van der Waals surface area contributed by atoms with E-state index in [4.69, 9.17) is 21.7 Å². The Morgan fingerprint density at radius 3 is 1.50 bits per heavy atom. The van der Waals surface area contributed by atoms with Gasteiger partial charge in [-0.1, -0.05) is 0 Å². The van der Waals surface area contributed by atoms with Gasteiger partial charge in [0, 0.05) is 0 Å². The van der Waals surface area contributed by atoms with Crippen molar-refractivity contribution in [2.45, 2.75) is 12.1 Å². The van der Waals surface area contributed by atoms with E-state index < -0.39 is 37.1 Å². The van der Waals surface area contributed by atoms with Crippen molar-refractivity contribution in [3.8, 4) is 0 Å². The quantitative estimate of drug-likeness (QED) is 0.256. The fraction of sp³-hybridized carbons (Fsp3) is 0.667. The lowest BCUT2D eigenvalue weighted by Crippen LogP contribution is -2.54. The van der Waals surface area contributed by atoms with E-state index in [1.165, 1.54) is 0 Å². The van der Waals surface area contributed by atoms with Crippen molar-refractivity contribution in [1.82, 2.24) is 10.9 Å². The van der Waals surface area contributed by atoms with E-state index in [2.05, 4.69) is 0 Å². The number of rotatable bonds is 4. The first-order valence-electron chi connectivity index (χ1n) is 3.85. The van der Waals surface area contributed by atoms with Gasteiger partial charge in [0.15, 0.2) is 0 Å². The van der Waals surface area contributed by atoms with Crippen LogP contribution in [0.2, 0.25) is 0 Å². The third-order valence-corrected chi connectivity index (χ3v) is 1.38. The van der Waals surface area contributed by atoms with Crippen LogP contribution in [0.25, 0.3) is 0 Å². The molecule has 0 fully saturated rings. The van der Waals surface area contributed by atoms with E-state index in [9.17, 15) is 9.59 Å². The lowest BCUT2D eigenvalue weighted by atomic mass is 10.3. The number of hydrogen-bond donors (Lipinski definition) is 6. The summed E-state index contributed by atoms with van der Waals surface area (Å²) < 4.78 is 0. The molecular formula is C6H14N4O4. The minimum atomic E-state index is -1.11. The standard InChI is InChI=1S/C6H14N4O4/c7-3(1-11)5(13)9-10-6(14)4(8)2-12/h3-4,11-12H,1-2,7-8H2,(H,9,13)(H,10,14). The molecule has 0 aliphatic heterocycles. The van der Waals surface area contributed by atoms with Gasteiger partial charge in [-0.25, -0.2) is 0 Å². The summed E-state index contributed by atoms with van der Waals surface area (Å²) in [7, 11) is 0. The number of nitrogens with two attached hydrogens (primary N) is 2. The van der Waals surface area contributed by atoms with Crippen molar-refractivity contribution < 1.29 is 19.8 Å². The maximum absolute atomic E-state index is 10.9. The Hall–Kier alpha value is -1.22. The minimum absolute atomic E-state index is 0.534. The number of hydrogen-bond acceptors (Lipinski definition) is 6. The van der Waals surface area contributed by atoms with Crippen LogP contribution in [-0.2, 0) is 9.59 Å². The summed E-state index contributed by atoms with van der Waals surface area (Å²) >= 11 is 0. The largest absolute Gasteiger partial charge is 0.394 e. The predicted molar refractivity (Wildman–Crippen MR) is 46.4 cm³/mol. The van der Waals surface area contributed by atoms with Crippen LogP contribution in [0.5, 0.6) is 0 Å². The lowest BCUT2D eigenvalue weighted by Gasteiger charge is -2.12. The average molecular weight is 206 g/mol. The molecule has 0 heterocycles. The van der Waals surface area contributed by atoms with Crippen LogP contribution in [0.15, 0.2) is 0 Å². The molecule has 8 heteroatoms. The third-order valence-electron chi connectivity index (χ3n) is 1.38. The molecule has 2 atom stereocenters. The van der Waals surface area contributed by atoms with Gasteiger partial charge in [0.2, 0.25) is 0 Å². The molecule has 82 valence electrons. The zero-order valence-electron chi connectivity index (χ0n) is 7.43. The number of carbonyl (C=O) groups is 2. The molecule has 0 radical (unpaired) electrons. The highest BCUT2D eigenvalue weighted by Gasteiger charge is 2.15. The van der Waals surface area contributed by atoms with E-state index in [1.807, 2.05) is 10.9 Å². The van der Waals surface area contributed by atoms with Crippen molar-refractivity contribution in [1.29, 1.82) is 0 Å². The summed E-state index contributed by atoms with van der Waals surface area (Å²) in [5, 5.41) is 16.9. The van der Waals surface area contributed by atoms with Gasteiger partial charge in [-0.05, 0) is 0 Å². The van der Waals surface area contributed by atoms with Gasteiger partial charge >= 0.3 is 0 Å². The number of nitrogens with one attached hydrogen (secondary N) is 2. The molecule has 0 aromatic rings. The van der Waals surface area contributed by atoms with Gasteiger partial charge in [0.25, 0.3) is 11.8 Å². The van der Waals surface area contributed by atoms with E-state index in [1.54, 1.807) is 0 Å². The Balaban J connectivity index is 3.83. The van der Waals surface area contributed by atoms with Crippen molar-refractivity contribution in [3.63, 3.8) is 0 Å². The number of aliphatic hydroxyl groups excluding tert-OH is 2. The molecule has 0 saturated carbocycles. The smallest absolute Gasteiger partial charge is 0.257 e. The van der Waals surface area contributed by atoms with E-state index in [0.717, 1.165) is 0 Å². The number of amides is 2. The third kappa shape index (κ3) is 4.14.